The van der Waals surface area contributed by atoms with Crippen LogP contribution in [0.4, 0.5) is 0 Å². The molecule has 0 N–H and O–H groups in total. The SMILES string of the molecule is Cc1c(C)c2c(c(C)c1OCc1ccccc1)CC[C@H](C)O2. The van der Waals surface area contributed by atoms with Crippen LogP contribution in [-0.4, -0.2) is 6.10 Å². The van der Waals surface area contributed by atoms with Gasteiger partial charge in [-0.15, -0.1) is 0 Å². The van der Waals surface area contributed by atoms with Crippen molar-refractivity contribution in [2.45, 2.75) is 53.2 Å². The first-order valence-electron chi connectivity index (χ1n) is 8.04. The monoisotopic (exact) mass is 296 g/mol. The number of hydrogen-bond acceptors (Lipinski definition) is 2. The number of ether oxygens (including phenoxy) is 2. The van der Waals surface area contributed by atoms with Crippen LogP contribution in [0.1, 0.15) is 41.2 Å². The highest BCUT2D eigenvalue weighted by Crippen LogP contribution is 2.41. The number of fused-ring (bicyclic) bond motifs is 1. The maximum Gasteiger partial charge on any atom is 0.126 e. The van der Waals surface area contributed by atoms with Gasteiger partial charge in [0.05, 0.1) is 6.10 Å². The minimum atomic E-state index is 0.307. The van der Waals surface area contributed by atoms with E-state index in [-0.39, 0.29) is 0 Å². The highest BCUT2D eigenvalue weighted by molar-refractivity contribution is 5.58. The van der Waals surface area contributed by atoms with E-state index in [0.29, 0.717) is 12.7 Å². The Morgan fingerprint density at radius 2 is 1.77 bits per heavy atom. The van der Waals surface area contributed by atoms with E-state index >= 15 is 0 Å². The zero-order valence-corrected chi connectivity index (χ0v) is 13.9. The Bertz CT molecular complexity index is 674. The summed E-state index contributed by atoms with van der Waals surface area (Å²) in [5.41, 5.74) is 6.17. The molecule has 22 heavy (non-hydrogen) atoms. The van der Waals surface area contributed by atoms with Gasteiger partial charge in [-0.25, -0.2) is 0 Å². The topological polar surface area (TPSA) is 18.5 Å². The summed E-state index contributed by atoms with van der Waals surface area (Å²) in [5, 5.41) is 0. The Balaban J connectivity index is 1.93. The molecule has 2 heteroatoms. The van der Waals surface area contributed by atoms with E-state index in [4.69, 9.17) is 9.47 Å². The third kappa shape index (κ3) is 2.70. The summed E-state index contributed by atoms with van der Waals surface area (Å²) in [5.74, 6) is 2.11. The minimum Gasteiger partial charge on any atom is -0.490 e. The molecule has 116 valence electrons. The van der Waals surface area contributed by atoms with Crippen LogP contribution < -0.4 is 9.47 Å². The lowest BCUT2D eigenvalue weighted by Gasteiger charge is -2.29. The van der Waals surface area contributed by atoms with E-state index < -0.39 is 0 Å². The lowest BCUT2D eigenvalue weighted by Crippen LogP contribution is -2.21. The van der Waals surface area contributed by atoms with Crippen molar-refractivity contribution in [3.63, 3.8) is 0 Å². The molecular weight excluding hydrogens is 272 g/mol. The molecule has 0 amide bonds. The number of rotatable bonds is 3. The smallest absolute Gasteiger partial charge is 0.126 e. The molecule has 0 unspecified atom stereocenters. The first kappa shape index (κ1) is 15.0. The fourth-order valence-corrected chi connectivity index (χ4v) is 3.17. The van der Waals surface area contributed by atoms with Gasteiger partial charge in [0.2, 0.25) is 0 Å². The fraction of sp³-hybridized carbons (Fsp3) is 0.400. The van der Waals surface area contributed by atoms with Gasteiger partial charge >= 0.3 is 0 Å². The van der Waals surface area contributed by atoms with Crippen LogP contribution in [0.5, 0.6) is 11.5 Å². The summed E-state index contributed by atoms with van der Waals surface area (Å²) < 4.78 is 12.3. The summed E-state index contributed by atoms with van der Waals surface area (Å²) in [4.78, 5) is 0. The zero-order chi connectivity index (χ0) is 15.7. The quantitative estimate of drug-likeness (QED) is 0.801. The molecule has 0 saturated carbocycles. The Morgan fingerprint density at radius 1 is 1.05 bits per heavy atom. The largest absolute Gasteiger partial charge is 0.490 e. The first-order chi connectivity index (χ1) is 10.6. The first-order valence-corrected chi connectivity index (χ1v) is 8.04. The second kappa shape index (κ2) is 6.04. The van der Waals surface area contributed by atoms with Gasteiger partial charge in [0.15, 0.2) is 0 Å². The van der Waals surface area contributed by atoms with E-state index in [0.717, 1.165) is 24.3 Å². The van der Waals surface area contributed by atoms with Crippen LogP contribution >= 0.6 is 0 Å². The minimum absolute atomic E-state index is 0.307. The maximum absolute atomic E-state index is 6.17. The molecule has 2 aromatic rings. The van der Waals surface area contributed by atoms with Gasteiger partial charge in [-0.05, 0) is 62.8 Å². The van der Waals surface area contributed by atoms with Crippen molar-refractivity contribution >= 4 is 0 Å². The fourth-order valence-electron chi connectivity index (χ4n) is 3.17. The molecule has 2 aromatic carbocycles. The van der Waals surface area contributed by atoms with Crippen LogP contribution in [0.3, 0.4) is 0 Å². The van der Waals surface area contributed by atoms with E-state index in [2.05, 4.69) is 39.8 Å². The van der Waals surface area contributed by atoms with Crippen LogP contribution in [0.2, 0.25) is 0 Å². The Labute approximate surface area is 133 Å². The van der Waals surface area contributed by atoms with E-state index in [1.165, 1.54) is 27.8 Å². The zero-order valence-electron chi connectivity index (χ0n) is 13.9. The summed E-state index contributed by atoms with van der Waals surface area (Å²) >= 11 is 0. The van der Waals surface area contributed by atoms with Crippen LogP contribution in [0, 0.1) is 20.8 Å². The van der Waals surface area contributed by atoms with E-state index in [1.807, 2.05) is 18.2 Å². The van der Waals surface area contributed by atoms with Crippen LogP contribution in [0.15, 0.2) is 30.3 Å². The van der Waals surface area contributed by atoms with Crippen molar-refractivity contribution in [1.82, 2.24) is 0 Å². The third-order valence-electron chi connectivity index (χ3n) is 4.66. The molecule has 0 radical (unpaired) electrons. The van der Waals surface area contributed by atoms with Crippen molar-refractivity contribution < 1.29 is 9.47 Å². The molecule has 0 aromatic heterocycles. The molecule has 0 saturated heterocycles. The van der Waals surface area contributed by atoms with Gasteiger partial charge in [0.25, 0.3) is 0 Å². The predicted molar refractivity (Wildman–Crippen MR) is 89.8 cm³/mol. The van der Waals surface area contributed by atoms with Crippen molar-refractivity contribution in [3.05, 3.63) is 58.1 Å². The summed E-state index contributed by atoms with van der Waals surface area (Å²) in [6.45, 7) is 9.18. The van der Waals surface area contributed by atoms with Crippen molar-refractivity contribution in [2.75, 3.05) is 0 Å². The number of hydrogen-bond donors (Lipinski definition) is 0. The highest BCUT2D eigenvalue weighted by atomic mass is 16.5. The van der Waals surface area contributed by atoms with Crippen molar-refractivity contribution in [3.8, 4) is 11.5 Å². The predicted octanol–water partition coefficient (Wildman–Crippen LogP) is 4.90. The van der Waals surface area contributed by atoms with Crippen molar-refractivity contribution in [1.29, 1.82) is 0 Å². The lowest BCUT2D eigenvalue weighted by atomic mass is 9.92. The van der Waals surface area contributed by atoms with Gasteiger partial charge in [0.1, 0.15) is 18.1 Å². The summed E-state index contributed by atoms with van der Waals surface area (Å²) in [7, 11) is 0. The second-order valence-electron chi connectivity index (χ2n) is 6.25. The molecule has 2 nitrogen and oxygen atoms in total. The van der Waals surface area contributed by atoms with Gasteiger partial charge in [0, 0.05) is 5.56 Å². The lowest BCUT2D eigenvalue weighted by molar-refractivity contribution is 0.189. The Morgan fingerprint density at radius 3 is 2.50 bits per heavy atom. The van der Waals surface area contributed by atoms with Crippen molar-refractivity contribution in [2.24, 2.45) is 0 Å². The van der Waals surface area contributed by atoms with Gasteiger partial charge in [-0.3, -0.25) is 0 Å². The molecule has 0 bridgehead atoms. The molecule has 0 aliphatic carbocycles. The van der Waals surface area contributed by atoms with Gasteiger partial charge in [-0.1, -0.05) is 30.3 Å². The molecular formula is C20H24O2. The Hall–Kier alpha value is -1.96. The van der Waals surface area contributed by atoms with Gasteiger partial charge < -0.3 is 9.47 Å². The number of benzene rings is 2. The molecule has 0 spiro atoms. The molecule has 3 rings (SSSR count). The molecule has 0 fully saturated rings. The summed E-state index contributed by atoms with van der Waals surface area (Å²) in [6.07, 6.45) is 2.46. The third-order valence-corrected chi connectivity index (χ3v) is 4.66. The Kier molecular flexibility index (Phi) is 4.10. The van der Waals surface area contributed by atoms with E-state index in [9.17, 15) is 0 Å². The molecule has 1 aliphatic rings. The highest BCUT2D eigenvalue weighted by Gasteiger charge is 2.24. The second-order valence-corrected chi connectivity index (χ2v) is 6.25. The van der Waals surface area contributed by atoms with Crippen LogP contribution in [-0.2, 0) is 13.0 Å². The molecule has 1 atom stereocenters. The average molecular weight is 296 g/mol. The summed E-state index contributed by atoms with van der Waals surface area (Å²) in [6, 6.07) is 10.3. The average Bonchev–Trinajstić information content (AvgIpc) is 2.53. The standard InChI is InChI=1S/C20H24O2/c1-13-10-11-18-16(4)19(14(2)15(3)20(18)22-13)21-12-17-8-6-5-7-9-17/h5-9,13H,10-12H2,1-4H3/t13-/m0/s1. The molecule has 1 heterocycles. The normalized spacial score (nSPS) is 16.8. The molecule has 1 aliphatic heterocycles. The van der Waals surface area contributed by atoms with E-state index in [1.54, 1.807) is 0 Å². The van der Waals surface area contributed by atoms with Gasteiger partial charge in [-0.2, -0.15) is 0 Å². The van der Waals surface area contributed by atoms with Crippen LogP contribution in [0.25, 0.3) is 0 Å². The maximum atomic E-state index is 6.17.